The first-order valence-electron chi connectivity index (χ1n) is 12.1. The summed E-state index contributed by atoms with van der Waals surface area (Å²) in [6.07, 6.45) is -3.80. The molecule has 5 rings (SSSR count). The highest BCUT2D eigenvalue weighted by atomic mass is 19.4. The Morgan fingerprint density at radius 1 is 1.18 bits per heavy atom. The molecule has 1 atom stereocenters. The number of fused-ring (bicyclic) bond motifs is 1. The van der Waals surface area contributed by atoms with Gasteiger partial charge in [0.15, 0.2) is 23.1 Å². The molecular formula is C26H23F4N3O7. The highest BCUT2D eigenvalue weighted by Crippen LogP contribution is 2.37. The zero-order valence-corrected chi connectivity index (χ0v) is 21.0. The lowest BCUT2D eigenvalue weighted by Gasteiger charge is -2.24. The van der Waals surface area contributed by atoms with Crippen molar-refractivity contribution in [3.8, 4) is 11.5 Å². The molecule has 3 aromatic rings. The van der Waals surface area contributed by atoms with E-state index in [9.17, 15) is 37.1 Å². The van der Waals surface area contributed by atoms with Crippen molar-refractivity contribution in [3.05, 3.63) is 54.0 Å². The van der Waals surface area contributed by atoms with E-state index in [-0.39, 0.29) is 44.3 Å². The van der Waals surface area contributed by atoms with E-state index in [1.807, 2.05) is 0 Å². The minimum atomic E-state index is -5.15. The number of carbonyl (C=O) groups is 3. The number of halogens is 4. The molecule has 2 aromatic carbocycles. The van der Waals surface area contributed by atoms with Crippen molar-refractivity contribution in [2.24, 2.45) is 0 Å². The van der Waals surface area contributed by atoms with Crippen molar-refractivity contribution >= 4 is 34.2 Å². The Hall–Kier alpha value is -4.17. The van der Waals surface area contributed by atoms with Crippen molar-refractivity contribution in [2.75, 3.05) is 25.1 Å². The maximum atomic E-state index is 14.7. The second-order valence-electron chi connectivity index (χ2n) is 9.43. The Balaban J connectivity index is 1.42. The number of carbonyl (C=O) groups excluding carboxylic acids is 3. The predicted molar refractivity (Wildman–Crippen MR) is 130 cm³/mol. The van der Waals surface area contributed by atoms with Gasteiger partial charge in [0.25, 0.3) is 0 Å². The Morgan fingerprint density at radius 2 is 1.90 bits per heavy atom. The Morgan fingerprint density at radius 3 is 2.58 bits per heavy atom. The number of hydrogen-bond donors (Lipinski definition) is 2. The molecule has 0 saturated carbocycles. The van der Waals surface area contributed by atoms with Gasteiger partial charge in [-0.05, 0) is 31.2 Å². The maximum absolute atomic E-state index is 14.7. The number of phenolic OH excluding ortho intramolecular Hbond substituents is 1. The van der Waals surface area contributed by atoms with E-state index in [4.69, 9.17) is 9.47 Å². The molecule has 0 aliphatic carbocycles. The number of ether oxygens (including phenoxy) is 3. The molecule has 0 bridgehead atoms. The second-order valence-corrected chi connectivity index (χ2v) is 9.43. The van der Waals surface area contributed by atoms with Gasteiger partial charge in [0.1, 0.15) is 18.3 Å². The fraction of sp³-hybridized carbons (Fsp3) is 0.346. The number of amides is 2. The number of aromatic nitrogens is 1. The number of benzene rings is 2. The number of nitrogens with one attached hydrogen (secondary N) is 1. The third-order valence-corrected chi connectivity index (χ3v) is 6.73. The first kappa shape index (κ1) is 27.4. The van der Waals surface area contributed by atoms with E-state index in [0.717, 1.165) is 18.2 Å². The smallest absolute Gasteiger partial charge is 0.508 e. The highest BCUT2D eigenvalue weighted by molar-refractivity contribution is 6.07. The van der Waals surface area contributed by atoms with E-state index >= 15 is 0 Å². The standard InChI is InChI=1S/C26H23F4N3O7/c1-14(34)17-11-32(19-9-15(35)5-6-16(17)19)12-22(36)33-13-25(38-7-8-39-25)10-20(33)24(37)31-18-3-2-4-21(23(18)27)40-26(28,29)30/h2-6,9,11,20,35H,7-8,10,12-13H2,1H3,(H,31,37). The van der Waals surface area contributed by atoms with Crippen molar-refractivity contribution in [1.82, 2.24) is 9.47 Å². The summed E-state index contributed by atoms with van der Waals surface area (Å²) in [6.45, 7) is 1.31. The van der Waals surface area contributed by atoms with Crippen molar-refractivity contribution < 1.29 is 51.3 Å². The van der Waals surface area contributed by atoms with Gasteiger partial charge >= 0.3 is 6.36 Å². The predicted octanol–water partition coefficient (Wildman–Crippen LogP) is 3.57. The number of likely N-dealkylation sites (tertiary alicyclic amines) is 1. The van der Waals surface area contributed by atoms with Gasteiger partial charge in [-0.2, -0.15) is 0 Å². The minimum absolute atomic E-state index is 0.0849. The summed E-state index contributed by atoms with van der Waals surface area (Å²) < 4.78 is 69.1. The molecule has 14 heteroatoms. The number of ketones is 1. The van der Waals surface area contributed by atoms with Gasteiger partial charge in [-0.3, -0.25) is 14.4 Å². The summed E-state index contributed by atoms with van der Waals surface area (Å²) in [4.78, 5) is 40.2. The van der Waals surface area contributed by atoms with Crippen LogP contribution in [0.3, 0.4) is 0 Å². The molecule has 1 aromatic heterocycles. The summed E-state index contributed by atoms with van der Waals surface area (Å²) in [7, 11) is 0. The second kappa shape index (κ2) is 10.1. The lowest BCUT2D eigenvalue weighted by Crippen LogP contribution is -2.45. The number of anilines is 1. The monoisotopic (exact) mass is 565 g/mol. The molecule has 10 nitrogen and oxygen atoms in total. The van der Waals surface area contributed by atoms with Gasteiger partial charge in [-0.15, -0.1) is 13.2 Å². The van der Waals surface area contributed by atoms with Crippen LogP contribution < -0.4 is 10.1 Å². The van der Waals surface area contributed by atoms with Gasteiger partial charge < -0.3 is 34.1 Å². The fourth-order valence-corrected chi connectivity index (χ4v) is 5.00. The van der Waals surface area contributed by atoms with E-state index < -0.39 is 47.3 Å². The molecule has 0 radical (unpaired) electrons. The van der Waals surface area contributed by atoms with E-state index in [0.29, 0.717) is 16.5 Å². The Kier molecular flexibility index (Phi) is 6.92. The summed E-state index contributed by atoms with van der Waals surface area (Å²) >= 11 is 0. The number of alkyl halides is 3. The zero-order valence-electron chi connectivity index (χ0n) is 21.0. The first-order valence-corrected chi connectivity index (χ1v) is 12.1. The van der Waals surface area contributed by atoms with Gasteiger partial charge in [0, 0.05) is 29.6 Å². The van der Waals surface area contributed by atoms with Gasteiger partial charge in [0.2, 0.25) is 11.8 Å². The molecule has 2 aliphatic heterocycles. The van der Waals surface area contributed by atoms with Crippen LogP contribution in [-0.2, 0) is 25.6 Å². The summed E-state index contributed by atoms with van der Waals surface area (Å²) in [5.74, 6) is -5.67. The number of Topliss-reactive ketones (excluding diaryl/α,β-unsaturated/α-hetero) is 1. The molecule has 2 amide bonds. The third-order valence-electron chi connectivity index (χ3n) is 6.73. The molecule has 2 saturated heterocycles. The number of nitrogens with zero attached hydrogens (tertiary/aromatic N) is 2. The fourth-order valence-electron chi connectivity index (χ4n) is 5.00. The normalized spacial score (nSPS) is 18.4. The number of rotatable bonds is 6. The maximum Gasteiger partial charge on any atom is 0.573 e. The molecule has 2 N–H and O–H groups in total. The summed E-state index contributed by atoms with van der Waals surface area (Å²) in [5.41, 5.74) is 0.158. The summed E-state index contributed by atoms with van der Waals surface area (Å²) in [5, 5.41) is 12.7. The molecule has 212 valence electrons. The SMILES string of the molecule is CC(=O)c1cn(CC(=O)N2CC3(CC2C(=O)Nc2cccc(OC(F)(F)F)c2F)OCCO3)c2cc(O)ccc12. The average Bonchev–Trinajstić information content (AvgIpc) is 3.59. The van der Waals surface area contributed by atoms with E-state index in [2.05, 4.69) is 10.1 Å². The first-order chi connectivity index (χ1) is 18.9. The van der Waals surface area contributed by atoms with Crippen LogP contribution in [0.4, 0.5) is 23.2 Å². The third kappa shape index (κ3) is 5.31. The molecule has 3 heterocycles. The quantitative estimate of drug-likeness (QED) is 0.347. The van der Waals surface area contributed by atoms with E-state index in [1.54, 1.807) is 6.07 Å². The number of phenols is 1. The molecule has 1 unspecified atom stereocenters. The minimum Gasteiger partial charge on any atom is -0.508 e. The number of aromatic hydroxyl groups is 1. The lowest BCUT2D eigenvalue weighted by atomic mass is 10.1. The zero-order chi connectivity index (χ0) is 28.8. The highest BCUT2D eigenvalue weighted by Gasteiger charge is 2.52. The van der Waals surface area contributed by atoms with Crippen molar-refractivity contribution in [3.63, 3.8) is 0 Å². The summed E-state index contributed by atoms with van der Waals surface area (Å²) in [6, 6.07) is 6.00. The van der Waals surface area contributed by atoms with Crippen LogP contribution in [0.25, 0.3) is 10.9 Å². The Bertz CT molecular complexity index is 1500. The lowest BCUT2D eigenvalue weighted by molar-refractivity contribution is -0.275. The molecule has 2 fully saturated rings. The van der Waals surface area contributed by atoms with Crippen LogP contribution in [0.1, 0.15) is 23.7 Å². The van der Waals surface area contributed by atoms with Crippen LogP contribution in [-0.4, -0.2) is 70.1 Å². The Labute approximate surface area is 224 Å². The largest absolute Gasteiger partial charge is 0.573 e. The van der Waals surface area contributed by atoms with Crippen LogP contribution in [0.15, 0.2) is 42.6 Å². The van der Waals surface area contributed by atoms with Crippen LogP contribution in [0.5, 0.6) is 11.5 Å². The molecule has 2 aliphatic rings. The van der Waals surface area contributed by atoms with Crippen LogP contribution >= 0.6 is 0 Å². The van der Waals surface area contributed by atoms with Gasteiger partial charge in [-0.1, -0.05) is 6.07 Å². The molecule has 40 heavy (non-hydrogen) atoms. The number of hydrogen-bond acceptors (Lipinski definition) is 7. The van der Waals surface area contributed by atoms with Crippen LogP contribution in [0.2, 0.25) is 0 Å². The van der Waals surface area contributed by atoms with Gasteiger partial charge in [-0.25, -0.2) is 4.39 Å². The molecule has 1 spiro atoms. The van der Waals surface area contributed by atoms with Crippen molar-refractivity contribution in [2.45, 2.75) is 38.1 Å². The van der Waals surface area contributed by atoms with E-state index in [1.165, 1.54) is 34.7 Å². The molecular weight excluding hydrogens is 542 g/mol. The average molecular weight is 565 g/mol. The van der Waals surface area contributed by atoms with Crippen molar-refractivity contribution in [1.29, 1.82) is 0 Å². The van der Waals surface area contributed by atoms with Gasteiger partial charge in [0.05, 0.1) is 31.0 Å². The van der Waals surface area contributed by atoms with Crippen LogP contribution in [0, 0.1) is 5.82 Å². The topological polar surface area (TPSA) is 119 Å².